The molecule has 59 heavy (non-hydrogen) atoms. The zero-order valence-electron chi connectivity index (χ0n) is 35.1. The monoisotopic (exact) mass is 805 g/mol. The lowest BCUT2D eigenvalue weighted by atomic mass is 10.1. The Labute approximate surface area is 347 Å². The van der Waals surface area contributed by atoms with Crippen molar-refractivity contribution >= 4 is 29.2 Å². The molecule has 312 valence electrons. The fourth-order valence-electron chi connectivity index (χ4n) is 5.95. The average Bonchev–Trinajstić information content (AvgIpc) is 3.22. The summed E-state index contributed by atoms with van der Waals surface area (Å²) in [7, 11) is 14.8. The summed E-state index contributed by atoms with van der Waals surface area (Å²) in [5.41, 5.74) is 6.31. The minimum atomic E-state index is -1.05. The van der Waals surface area contributed by atoms with Gasteiger partial charge in [0.25, 0.3) is 0 Å². The molecule has 2 N–H and O–H groups in total. The summed E-state index contributed by atoms with van der Waals surface area (Å²) in [5, 5.41) is 5.68. The van der Waals surface area contributed by atoms with E-state index >= 15 is 0 Å². The molecule has 0 radical (unpaired) electrons. The minimum absolute atomic E-state index is 0.212. The molecule has 5 aromatic carbocycles. The van der Waals surface area contributed by atoms with Crippen molar-refractivity contribution in [3.8, 4) is 23.0 Å². The highest BCUT2D eigenvalue weighted by atomic mass is 16.7. The van der Waals surface area contributed by atoms with Crippen LogP contribution in [0.5, 0.6) is 23.0 Å². The van der Waals surface area contributed by atoms with Gasteiger partial charge in [0.05, 0.1) is 14.2 Å². The maximum absolute atomic E-state index is 13.3. The second-order valence-electron chi connectivity index (χ2n) is 14.4. The van der Waals surface area contributed by atoms with Crippen molar-refractivity contribution in [2.45, 2.75) is 38.5 Å². The number of amides is 2. The first-order chi connectivity index (χ1) is 28.4. The van der Waals surface area contributed by atoms with Crippen LogP contribution in [0.15, 0.2) is 115 Å². The Morgan fingerprint density at radius 3 is 1.22 bits per heavy atom. The predicted octanol–water partition coefficient (Wildman–Crippen LogP) is 7.65. The number of alkyl carbamates (subject to hydrolysis) is 2. The van der Waals surface area contributed by atoms with E-state index in [1.165, 1.54) is 0 Å². The second kappa shape index (κ2) is 21.1. The SMILES string of the molecule is COc1cccc(CC(OC(=O)NCc2ccc(N(C)C)cc2)Oc2cc(OC(Cc3cccc(OC)c3)OC(=O)NCc3ccc(N(C)C)cc3)cc(N(C)C)c2)c1. The van der Waals surface area contributed by atoms with Crippen molar-refractivity contribution in [1.82, 2.24) is 10.6 Å². The van der Waals surface area contributed by atoms with Gasteiger partial charge in [0.1, 0.15) is 23.0 Å². The van der Waals surface area contributed by atoms with Gasteiger partial charge < -0.3 is 53.8 Å². The normalized spacial score (nSPS) is 11.7. The predicted molar refractivity (Wildman–Crippen MR) is 231 cm³/mol. The first-order valence-electron chi connectivity index (χ1n) is 19.2. The smallest absolute Gasteiger partial charge is 0.410 e. The van der Waals surface area contributed by atoms with Gasteiger partial charge in [-0.25, -0.2) is 9.59 Å². The molecule has 0 fully saturated rings. The number of methoxy groups -OCH3 is 2. The third-order valence-corrected chi connectivity index (χ3v) is 9.25. The molecule has 0 aliphatic rings. The highest BCUT2D eigenvalue weighted by molar-refractivity contribution is 5.68. The molecule has 2 atom stereocenters. The van der Waals surface area contributed by atoms with Gasteiger partial charge in [-0.1, -0.05) is 48.5 Å². The van der Waals surface area contributed by atoms with E-state index in [9.17, 15) is 9.59 Å². The zero-order chi connectivity index (χ0) is 42.3. The number of hydrogen-bond donors (Lipinski definition) is 2. The lowest BCUT2D eigenvalue weighted by molar-refractivity contribution is -0.0349. The maximum atomic E-state index is 13.3. The molecular formula is C46H55N5O8. The number of carbonyl (C=O) groups excluding carboxylic acids is 2. The quantitative estimate of drug-likeness (QED) is 0.0801. The molecule has 5 aromatic rings. The number of ether oxygens (including phenoxy) is 6. The summed E-state index contributed by atoms with van der Waals surface area (Å²) >= 11 is 0. The Morgan fingerprint density at radius 2 is 0.864 bits per heavy atom. The van der Waals surface area contributed by atoms with Crippen molar-refractivity contribution in [2.75, 3.05) is 71.2 Å². The Balaban J connectivity index is 1.36. The maximum Gasteiger partial charge on any atom is 0.410 e. The highest BCUT2D eigenvalue weighted by Crippen LogP contribution is 2.31. The summed E-state index contributed by atoms with van der Waals surface area (Å²) in [6, 6.07) is 36.0. The molecule has 0 aliphatic heterocycles. The van der Waals surface area contributed by atoms with Crippen LogP contribution in [0, 0.1) is 0 Å². The Kier molecular flexibility index (Phi) is 15.5. The van der Waals surface area contributed by atoms with Gasteiger partial charge in [0.15, 0.2) is 0 Å². The van der Waals surface area contributed by atoms with Crippen molar-refractivity contribution in [1.29, 1.82) is 0 Å². The van der Waals surface area contributed by atoms with Crippen LogP contribution < -0.4 is 44.3 Å². The Hall–Kier alpha value is -6.76. The summed E-state index contributed by atoms with van der Waals surface area (Å²) in [6.45, 7) is 0.523. The van der Waals surface area contributed by atoms with Crippen LogP contribution >= 0.6 is 0 Å². The lowest BCUT2D eigenvalue weighted by Gasteiger charge is -2.24. The van der Waals surface area contributed by atoms with E-state index in [0.29, 0.717) is 23.0 Å². The van der Waals surface area contributed by atoms with Crippen LogP contribution in [0.1, 0.15) is 22.3 Å². The average molecular weight is 806 g/mol. The summed E-state index contributed by atoms with van der Waals surface area (Å²) in [6.07, 6.45) is -2.98. The molecule has 0 heterocycles. The number of rotatable bonds is 19. The van der Waals surface area contributed by atoms with Crippen LogP contribution in [-0.2, 0) is 35.4 Å². The fraction of sp³-hybridized carbons (Fsp3) is 0.304. The third-order valence-electron chi connectivity index (χ3n) is 9.25. The highest BCUT2D eigenvalue weighted by Gasteiger charge is 2.22. The molecule has 0 saturated carbocycles. The van der Waals surface area contributed by atoms with E-state index in [-0.39, 0.29) is 25.9 Å². The summed E-state index contributed by atoms with van der Waals surface area (Å²) in [5.74, 6) is 2.03. The van der Waals surface area contributed by atoms with Crippen LogP contribution in [-0.4, -0.2) is 81.3 Å². The van der Waals surface area contributed by atoms with Crippen LogP contribution in [0.25, 0.3) is 0 Å². The van der Waals surface area contributed by atoms with E-state index in [1.54, 1.807) is 20.3 Å². The standard InChI is InChI=1S/C46H55N5O8/c1-49(2)36-19-15-32(16-20-36)30-47-45(52)58-43(25-34-11-9-13-39(23-34)54-7)56-41-27-38(51(5)6)28-42(29-41)57-44(26-35-12-10-14-40(24-35)55-8)59-46(53)48-31-33-17-21-37(22-18-33)50(3)4/h9-24,27-29,43-44H,25-26,30-31H2,1-8H3,(H,47,52)(H,48,53). The van der Waals surface area contributed by atoms with Gasteiger partial charge >= 0.3 is 12.2 Å². The topological polar surface area (TPSA) is 123 Å². The molecule has 0 spiro atoms. The fourth-order valence-corrected chi connectivity index (χ4v) is 5.95. The number of anilines is 3. The molecule has 0 saturated heterocycles. The summed E-state index contributed by atoms with van der Waals surface area (Å²) < 4.78 is 35.6. The van der Waals surface area contributed by atoms with Crippen LogP contribution in [0.2, 0.25) is 0 Å². The number of hydrogen-bond acceptors (Lipinski definition) is 11. The molecule has 2 unspecified atom stereocenters. The summed E-state index contributed by atoms with van der Waals surface area (Å²) in [4.78, 5) is 32.4. The van der Waals surface area contributed by atoms with Gasteiger partial charge in [0, 0.05) is 103 Å². The van der Waals surface area contributed by atoms with Crippen LogP contribution in [0.3, 0.4) is 0 Å². The van der Waals surface area contributed by atoms with E-state index < -0.39 is 24.8 Å². The number of carbonyl (C=O) groups is 2. The largest absolute Gasteiger partial charge is 0.497 e. The number of nitrogens with one attached hydrogen (secondary N) is 2. The van der Waals surface area contributed by atoms with Gasteiger partial charge in [-0.15, -0.1) is 0 Å². The van der Waals surface area contributed by atoms with Gasteiger partial charge in [-0.3, -0.25) is 0 Å². The van der Waals surface area contributed by atoms with Crippen molar-refractivity contribution in [3.05, 3.63) is 138 Å². The molecular weight excluding hydrogens is 751 g/mol. The molecule has 5 rings (SSSR count). The molecule has 0 aliphatic carbocycles. The van der Waals surface area contributed by atoms with Crippen LogP contribution in [0.4, 0.5) is 26.7 Å². The van der Waals surface area contributed by atoms with E-state index in [1.807, 2.05) is 166 Å². The minimum Gasteiger partial charge on any atom is -0.497 e. The number of benzene rings is 5. The second-order valence-corrected chi connectivity index (χ2v) is 14.4. The first kappa shape index (κ1) is 43.4. The first-order valence-corrected chi connectivity index (χ1v) is 19.2. The van der Waals surface area contributed by atoms with Gasteiger partial charge in [-0.05, 0) is 70.8 Å². The van der Waals surface area contributed by atoms with E-state index in [2.05, 4.69) is 10.6 Å². The van der Waals surface area contributed by atoms with Crippen molar-refractivity contribution in [3.63, 3.8) is 0 Å². The molecule has 0 aromatic heterocycles. The van der Waals surface area contributed by atoms with Crippen molar-refractivity contribution < 1.29 is 38.0 Å². The molecule has 13 heteroatoms. The molecule has 2 amide bonds. The molecule has 13 nitrogen and oxygen atoms in total. The van der Waals surface area contributed by atoms with Gasteiger partial charge in [0.2, 0.25) is 12.6 Å². The molecule has 0 bridgehead atoms. The van der Waals surface area contributed by atoms with E-state index in [4.69, 9.17) is 28.4 Å². The zero-order valence-corrected chi connectivity index (χ0v) is 35.1. The van der Waals surface area contributed by atoms with Gasteiger partial charge in [-0.2, -0.15) is 0 Å². The van der Waals surface area contributed by atoms with Crippen molar-refractivity contribution in [2.24, 2.45) is 0 Å². The third kappa shape index (κ3) is 13.7. The Morgan fingerprint density at radius 1 is 0.475 bits per heavy atom. The Bertz CT molecular complexity index is 1960. The number of nitrogens with zero attached hydrogens (tertiary/aromatic N) is 3. The lowest BCUT2D eigenvalue weighted by Crippen LogP contribution is -2.33. The van der Waals surface area contributed by atoms with E-state index in [0.717, 1.165) is 39.3 Å².